The van der Waals surface area contributed by atoms with E-state index in [4.69, 9.17) is 5.73 Å². The van der Waals surface area contributed by atoms with E-state index in [0.717, 1.165) is 5.69 Å². The highest BCUT2D eigenvalue weighted by Gasteiger charge is 2.12. The molecule has 0 aliphatic carbocycles. The number of rotatable bonds is 4. The van der Waals surface area contributed by atoms with E-state index in [2.05, 4.69) is 5.32 Å². The lowest BCUT2D eigenvalue weighted by Crippen LogP contribution is -2.24. The summed E-state index contributed by atoms with van der Waals surface area (Å²) < 4.78 is 20.8. The number of hydrogen-bond donors (Lipinski definition) is 2. The van der Waals surface area contributed by atoms with E-state index in [1.165, 1.54) is 0 Å². The Hall–Kier alpha value is -2.18. The van der Waals surface area contributed by atoms with E-state index in [9.17, 15) is 13.6 Å². The van der Waals surface area contributed by atoms with Gasteiger partial charge in [0.25, 0.3) is 0 Å². The van der Waals surface area contributed by atoms with E-state index in [0.29, 0.717) is 5.69 Å². The molecule has 1 amide bonds. The van der Waals surface area contributed by atoms with Gasteiger partial charge in [-0.25, -0.2) is 0 Å². The number of carbonyl (C=O) groups excluding carboxylic acids is 1. The van der Waals surface area contributed by atoms with Crippen molar-refractivity contribution in [2.24, 2.45) is 5.92 Å². The molecule has 2 atom stereocenters. The first-order chi connectivity index (χ1) is 10.5. The average Bonchev–Trinajstić information content (AvgIpc) is 2.49. The maximum Gasteiger partial charge on any atom is 0.228 e. The molecule has 0 fully saturated rings. The molecule has 0 bridgehead atoms. The number of carbonyl (C=O) groups is 1. The Balaban J connectivity index is 0.000000287. The highest BCUT2D eigenvalue weighted by molar-refractivity contribution is 7.79. The van der Waals surface area contributed by atoms with Crippen LogP contribution in [0.15, 0.2) is 60.7 Å². The Morgan fingerprint density at radius 1 is 1.14 bits per heavy atom. The van der Waals surface area contributed by atoms with Crippen LogP contribution in [0.4, 0.5) is 11.4 Å². The summed E-state index contributed by atoms with van der Waals surface area (Å²) in [5, 5.41) is 2.63. The van der Waals surface area contributed by atoms with Crippen LogP contribution in [0, 0.1) is 5.92 Å². The summed E-state index contributed by atoms with van der Waals surface area (Å²) in [4.78, 5) is 11.5. The molecule has 0 radical (unpaired) electrons. The first kappa shape index (κ1) is 17.9. The van der Waals surface area contributed by atoms with Crippen LogP contribution >= 0.6 is 0 Å². The number of nitrogens with one attached hydrogen (secondary N) is 1. The first-order valence-corrected chi connectivity index (χ1v) is 7.95. The second kappa shape index (κ2) is 9.70. The van der Waals surface area contributed by atoms with Gasteiger partial charge >= 0.3 is 0 Å². The zero-order valence-electron chi connectivity index (χ0n) is 12.3. The fourth-order valence-corrected chi connectivity index (χ4v) is 2.08. The summed E-state index contributed by atoms with van der Waals surface area (Å²) in [7, 11) is 0. The van der Waals surface area contributed by atoms with Crippen LogP contribution in [0.25, 0.3) is 0 Å². The number of benzene rings is 2. The topological polar surface area (TPSA) is 95.2 Å². The molecule has 2 rings (SSSR count). The Morgan fingerprint density at radius 2 is 1.64 bits per heavy atom. The van der Waals surface area contributed by atoms with Crippen LogP contribution in [0.1, 0.15) is 6.92 Å². The average molecular weight is 319 g/mol. The molecule has 118 valence electrons. The van der Waals surface area contributed by atoms with Gasteiger partial charge in [-0.05, 0) is 24.3 Å². The molecule has 3 N–H and O–H groups in total. The van der Waals surface area contributed by atoms with Crippen LogP contribution < -0.4 is 11.1 Å². The molecule has 5 nitrogen and oxygen atoms in total. The number of nitrogens with two attached hydrogens (primary N) is 1. The molecular weight excluding hydrogens is 300 g/mol. The largest absolute Gasteiger partial charge is 0.772 e. The summed E-state index contributed by atoms with van der Waals surface area (Å²) in [6.07, 6.45) is 0. The van der Waals surface area contributed by atoms with Gasteiger partial charge in [0.1, 0.15) is 0 Å². The van der Waals surface area contributed by atoms with Crippen LogP contribution in [-0.2, 0) is 15.9 Å². The maximum absolute atomic E-state index is 11.5. The number of hydrogen-bond acceptors (Lipinski definition) is 4. The summed E-state index contributed by atoms with van der Waals surface area (Å²) >= 11 is -2.19. The van der Waals surface area contributed by atoms with Gasteiger partial charge in [0.05, 0.1) is 0 Å². The second-order valence-electron chi connectivity index (χ2n) is 4.64. The van der Waals surface area contributed by atoms with Gasteiger partial charge in [-0.1, -0.05) is 54.4 Å². The highest BCUT2D eigenvalue weighted by atomic mass is 32.2. The lowest BCUT2D eigenvalue weighted by molar-refractivity contribution is -0.118. The van der Waals surface area contributed by atoms with Crippen LogP contribution in [0.3, 0.4) is 0 Å². The van der Waals surface area contributed by atoms with E-state index in [-0.39, 0.29) is 11.7 Å². The molecule has 0 aliphatic heterocycles. The molecule has 6 heteroatoms. The van der Waals surface area contributed by atoms with Gasteiger partial charge in [-0.3, -0.25) is 9.00 Å². The van der Waals surface area contributed by atoms with Gasteiger partial charge in [0.2, 0.25) is 5.91 Å². The highest BCUT2D eigenvalue weighted by Crippen LogP contribution is 2.08. The Morgan fingerprint density at radius 3 is 2.05 bits per heavy atom. The number of nitrogen functional groups attached to an aromatic ring is 1. The van der Waals surface area contributed by atoms with Gasteiger partial charge in [0, 0.05) is 23.0 Å². The molecule has 0 spiro atoms. The van der Waals surface area contributed by atoms with Gasteiger partial charge in [-0.15, -0.1) is 0 Å². The van der Waals surface area contributed by atoms with Crippen molar-refractivity contribution in [1.82, 2.24) is 0 Å². The zero-order chi connectivity index (χ0) is 16.4. The number of para-hydroxylation sites is 2. The van der Waals surface area contributed by atoms with Crippen molar-refractivity contribution in [3.8, 4) is 0 Å². The fourth-order valence-electron chi connectivity index (χ4n) is 1.52. The molecule has 0 aromatic heterocycles. The summed E-state index contributed by atoms with van der Waals surface area (Å²) in [5.74, 6) is -0.979. The SMILES string of the molecule is CC(CS(=O)[O-])C(=O)Nc1ccccc1.Nc1ccccc1. The van der Waals surface area contributed by atoms with E-state index in [1.807, 2.05) is 36.4 Å². The zero-order valence-corrected chi connectivity index (χ0v) is 13.1. The predicted octanol–water partition coefficient (Wildman–Crippen LogP) is 2.41. The van der Waals surface area contributed by atoms with E-state index < -0.39 is 17.0 Å². The van der Waals surface area contributed by atoms with Crippen molar-refractivity contribution < 1.29 is 13.6 Å². The van der Waals surface area contributed by atoms with Crippen LogP contribution in [0.2, 0.25) is 0 Å². The molecule has 2 aromatic rings. The first-order valence-electron chi connectivity index (χ1n) is 6.71. The quantitative estimate of drug-likeness (QED) is 0.668. The van der Waals surface area contributed by atoms with Crippen molar-refractivity contribution in [2.45, 2.75) is 6.92 Å². The van der Waals surface area contributed by atoms with Crippen molar-refractivity contribution in [2.75, 3.05) is 16.8 Å². The molecular formula is C16H19N2O3S-. The minimum atomic E-state index is -2.19. The molecule has 0 heterocycles. The van der Waals surface area contributed by atoms with Crippen molar-refractivity contribution in [1.29, 1.82) is 0 Å². The molecule has 2 unspecified atom stereocenters. The lowest BCUT2D eigenvalue weighted by Gasteiger charge is -2.13. The standard InChI is InChI=1S/C10H13NO3S.C6H7N/c1-8(7-15(13)14)10(12)11-9-5-3-2-4-6-9;7-6-4-2-1-3-5-6/h2-6,8H,7H2,1H3,(H,11,12)(H,13,14);1-5H,7H2/p-1. The lowest BCUT2D eigenvalue weighted by atomic mass is 10.2. The maximum atomic E-state index is 11.5. The minimum Gasteiger partial charge on any atom is -0.772 e. The normalized spacial score (nSPS) is 12.5. The van der Waals surface area contributed by atoms with Gasteiger partial charge < -0.3 is 15.6 Å². The van der Waals surface area contributed by atoms with Crippen LogP contribution in [-0.4, -0.2) is 20.4 Å². The summed E-state index contributed by atoms with van der Waals surface area (Å²) in [6.45, 7) is 1.58. The minimum absolute atomic E-state index is 0.154. The van der Waals surface area contributed by atoms with Crippen molar-refractivity contribution in [3.05, 3.63) is 60.7 Å². The smallest absolute Gasteiger partial charge is 0.228 e. The Labute approximate surface area is 132 Å². The number of anilines is 2. The van der Waals surface area contributed by atoms with Crippen molar-refractivity contribution in [3.63, 3.8) is 0 Å². The predicted molar refractivity (Wildman–Crippen MR) is 88.9 cm³/mol. The third-order valence-corrected chi connectivity index (χ3v) is 3.45. The summed E-state index contributed by atoms with van der Waals surface area (Å²) in [5.41, 5.74) is 6.85. The Kier molecular flexibility index (Phi) is 7.88. The van der Waals surface area contributed by atoms with Gasteiger partial charge in [-0.2, -0.15) is 0 Å². The number of amides is 1. The summed E-state index contributed by atoms with van der Waals surface area (Å²) in [6, 6.07) is 18.4. The van der Waals surface area contributed by atoms with E-state index in [1.54, 1.807) is 31.2 Å². The monoisotopic (exact) mass is 319 g/mol. The van der Waals surface area contributed by atoms with Gasteiger partial charge in [0.15, 0.2) is 0 Å². The fraction of sp³-hybridized carbons (Fsp3) is 0.188. The molecule has 0 saturated carbocycles. The van der Waals surface area contributed by atoms with Crippen LogP contribution in [0.5, 0.6) is 0 Å². The molecule has 22 heavy (non-hydrogen) atoms. The second-order valence-corrected chi connectivity index (χ2v) is 5.58. The third-order valence-electron chi connectivity index (χ3n) is 2.67. The molecule has 2 aromatic carbocycles. The molecule has 0 saturated heterocycles. The Bertz CT molecular complexity index is 591. The van der Waals surface area contributed by atoms with Crippen molar-refractivity contribution >= 4 is 28.4 Å². The van der Waals surface area contributed by atoms with E-state index >= 15 is 0 Å². The molecule has 0 aliphatic rings. The third kappa shape index (κ3) is 7.56.